The van der Waals surface area contributed by atoms with Gasteiger partial charge in [0, 0.05) is 31.8 Å². The lowest BCUT2D eigenvalue weighted by Gasteiger charge is -2.31. The molecule has 0 saturated carbocycles. The topological polar surface area (TPSA) is 45.1 Å². The Morgan fingerprint density at radius 3 is 2.57 bits per heavy atom. The van der Waals surface area contributed by atoms with Crippen LogP contribution in [0, 0.1) is 0 Å². The Balaban J connectivity index is 1.52. The second-order valence-corrected chi connectivity index (χ2v) is 8.38. The molecule has 0 aromatic heterocycles. The molecule has 0 atom stereocenters. The molecule has 2 fully saturated rings. The summed E-state index contributed by atoms with van der Waals surface area (Å²) in [6.07, 6.45) is 10.6. The van der Waals surface area contributed by atoms with Crippen LogP contribution >= 0.6 is 0 Å². The number of hydrogen-bond acceptors (Lipinski definition) is 4. The van der Waals surface area contributed by atoms with E-state index < -0.39 is 0 Å². The number of ether oxygens (including phenoxy) is 1. The van der Waals surface area contributed by atoms with Crippen LogP contribution in [0.15, 0.2) is 63.9 Å². The fourth-order valence-corrected chi connectivity index (χ4v) is 4.85. The predicted octanol–water partition coefficient (Wildman–Crippen LogP) is 4.15. The monoisotopic (exact) mass is 403 g/mol. The number of allylic oxidation sites excluding steroid dienone is 3. The fourth-order valence-electron chi connectivity index (χ4n) is 4.85. The average molecular weight is 404 g/mol. The zero-order valence-corrected chi connectivity index (χ0v) is 17.5. The summed E-state index contributed by atoms with van der Waals surface area (Å²) in [7, 11) is 0. The molecule has 0 bridgehead atoms. The first-order valence-corrected chi connectivity index (χ1v) is 11.2. The molecule has 2 saturated heterocycles. The minimum atomic E-state index is 0.0845. The molecule has 1 aliphatic carbocycles. The van der Waals surface area contributed by atoms with E-state index in [-0.39, 0.29) is 5.91 Å². The summed E-state index contributed by atoms with van der Waals surface area (Å²) >= 11 is 0. The van der Waals surface area contributed by atoms with Crippen LogP contribution in [0.3, 0.4) is 0 Å². The highest BCUT2D eigenvalue weighted by Crippen LogP contribution is 2.37. The molecule has 1 aromatic carbocycles. The van der Waals surface area contributed by atoms with Crippen LogP contribution in [0.5, 0.6) is 0 Å². The van der Waals surface area contributed by atoms with E-state index in [1.54, 1.807) is 0 Å². The van der Waals surface area contributed by atoms with Crippen molar-refractivity contribution in [2.45, 2.75) is 38.5 Å². The molecule has 3 heterocycles. The quantitative estimate of drug-likeness (QED) is 0.713. The second-order valence-electron chi connectivity index (χ2n) is 8.38. The summed E-state index contributed by atoms with van der Waals surface area (Å²) in [5.74, 6) is 1.05. The number of benzene rings is 1. The third-order valence-corrected chi connectivity index (χ3v) is 6.36. The molecule has 1 amide bonds. The summed E-state index contributed by atoms with van der Waals surface area (Å²) in [5.41, 5.74) is 5.71. The Hall–Kier alpha value is -2.66. The standard InChI is InChI=1S/C25H29N3O2/c29-25-22(26-23-9-5-2-6-12-28(23)25)18-21-11-10-20(17-19-7-3-1-4-8-19)24(21)27-13-15-30-16-14-27/h1,3-4,7-8,17-18H,2,5-6,9-16H2/b20-17+,22-18+. The van der Waals surface area contributed by atoms with Crippen LogP contribution < -0.4 is 0 Å². The molecule has 1 aromatic rings. The van der Waals surface area contributed by atoms with Gasteiger partial charge in [0.15, 0.2) is 0 Å². The number of rotatable bonds is 3. The lowest BCUT2D eigenvalue weighted by molar-refractivity contribution is -0.122. The van der Waals surface area contributed by atoms with Gasteiger partial charge in [-0.2, -0.15) is 0 Å². The number of aliphatic imine (C=N–C) groups is 1. The van der Waals surface area contributed by atoms with Crippen molar-refractivity contribution in [3.8, 4) is 0 Å². The lowest BCUT2D eigenvalue weighted by atomic mass is 10.1. The molecule has 5 heteroatoms. The Kier molecular flexibility index (Phi) is 5.54. The van der Waals surface area contributed by atoms with E-state index in [2.05, 4.69) is 41.3 Å². The number of amidine groups is 1. The van der Waals surface area contributed by atoms with Crippen LogP contribution in [0.25, 0.3) is 6.08 Å². The van der Waals surface area contributed by atoms with Crippen molar-refractivity contribution in [1.29, 1.82) is 0 Å². The maximum atomic E-state index is 13.0. The number of fused-ring (bicyclic) bond motifs is 1. The van der Waals surface area contributed by atoms with Crippen molar-refractivity contribution in [1.82, 2.24) is 9.80 Å². The van der Waals surface area contributed by atoms with Gasteiger partial charge in [-0.3, -0.25) is 9.69 Å². The minimum Gasteiger partial charge on any atom is -0.378 e. The number of morpholine rings is 1. The van der Waals surface area contributed by atoms with E-state index in [4.69, 9.17) is 9.73 Å². The van der Waals surface area contributed by atoms with Gasteiger partial charge in [-0.25, -0.2) is 4.99 Å². The van der Waals surface area contributed by atoms with Crippen molar-refractivity contribution < 1.29 is 9.53 Å². The Morgan fingerprint density at radius 1 is 0.900 bits per heavy atom. The van der Waals surface area contributed by atoms with E-state index in [1.165, 1.54) is 28.8 Å². The molecule has 0 unspecified atom stereocenters. The molecule has 0 spiro atoms. The van der Waals surface area contributed by atoms with Crippen molar-refractivity contribution >= 4 is 17.8 Å². The third kappa shape index (κ3) is 3.86. The zero-order chi connectivity index (χ0) is 20.3. The van der Waals surface area contributed by atoms with Crippen molar-refractivity contribution in [2.24, 2.45) is 4.99 Å². The first-order valence-electron chi connectivity index (χ1n) is 11.2. The number of hydrogen-bond donors (Lipinski definition) is 0. The lowest BCUT2D eigenvalue weighted by Crippen LogP contribution is -2.36. The maximum Gasteiger partial charge on any atom is 0.277 e. The SMILES string of the molecule is O=C1/C(=C\C2=C(N3CCOCC3)C(=C/c3ccccc3)/CC2)N=C2CCCCCN12. The zero-order valence-electron chi connectivity index (χ0n) is 17.5. The molecule has 3 aliphatic heterocycles. The van der Waals surface area contributed by atoms with Gasteiger partial charge in [-0.15, -0.1) is 0 Å². The molecule has 30 heavy (non-hydrogen) atoms. The first-order chi connectivity index (χ1) is 14.8. The van der Waals surface area contributed by atoms with Crippen molar-refractivity contribution in [2.75, 3.05) is 32.8 Å². The summed E-state index contributed by atoms with van der Waals surface area (Å²) in [4.78, 5) is 22.1. The van der Waals surface area contributed by atoms with E-state index >= 15 is 0 Å². The molecule has 4 aliphatic rings. The Morgan fingerprint density at radius 2 is 1.73 bits per heavy atom. The molecular formula is C25H29N3O2. The van der Waals surface area contributed by atoms with Gasteiger partial charge in [-0.05, 0) is 54.5 Å². The fraction of sp³-hybridized carbons (Fsp3) is 0.440. The summed E-state index contributed by atoms with van der Waals surface area (Å²) in [5, 5.41) is 0. The van der Waals surface area contributed by atoms with Gasteiger partial charge in [0.25, 0.3) is 5.91 Å². The van der Waals surface area contributed by atoms with Gasteiger partial charge < -0.3 is 9.64 Å². The molecule has 156 valence electrons. The first kappa shape index (κ1) is 19.3. The smallest absolute Gasteiger partial charge is 0.277 e. The highest BCUT2D eigenvalue weighted by atomic mass is 16.5. The number of nitrogens with zero attached hydrogens (tertiary/aromatic N) is 3. The van der Waals surface area contributed by atoms with E-state index in [0.717, 1.165) is 70.8 Å². The minimum absolute atomic E-state index is 0.0845. The molecular weight excluding hydrogens is 374 g/mol. The largest absolute Gasteiger partial charge is 0.378 e. The van der Waals surface area contributed by atoms with Crippen LogP contribution in [-0.4, -0.2) is 54.4 Å². The van der Waals surface area contributed by atoms with Gasteiger partial charge in [-0.1, -0.05) is 36.8 Å². The van der Waals surface area contributed by atoms with Crippen LogP contribution in [0.2, 0.25) is 0 Å². The Labute approximate surface area is 178 Å². The average Bonchev–Trinajstić information content (AvgIpc) is 3.19. The summed E-state index contributed by atoms with van der Waals surface area (Å²) in [6, 6.07) is 10.5. The third-order valence-electron chi connectivity index (χ3n) is 6.36. The highest BCUT2D eigenvalue weighted by molar-refractivity contribution is 6.12. The molecule has 5 nitrogen and oxygen atoms in total. The van der Waals surface area contributed by atoms with Gasteiger partial charge in [0.2, 0.25) is 0 Å². The van der Waals surface area contributed by atoms with Crippen LogP contribution in [0.4, 0.5) is 0 Å². The second kappa shape index (κ2) is 8.60. The van der Waals surface area contributed by atoms with Gasteiger partial charge in [0.05, 0.1) is 13.2 Å². The van der Waals surface area contributed by atoms with Crippen LogP contribution in [-0.2, 0) is 9.53 Å². The normalized spacial score (nSPS) is 25.2. The Bertz CT molecular complexity index is 936. The number of amides is 1. The number of carbonyl (C=O) groups excluding carboxylic acids is 1. The van der Waals surface area contributed by atoms with Gasteiger partial charge in [0.1, 0.15) is 11.5 Å². The number of carbonyl (C=O) groups is 1. The molecule has 0 N–H and O–H groups in total. The van der Waals surface area contributed by atoms with Gasteiger partial charge >= 0.3 is 0 Å². The molecule has 0 radical (unpaired) electrons. The van der Waals surface area contributed by atoms with Crippen LogP contribution in [0.1, 0.15) is 44.1 Å². The van der Waals surface area contributed by atoms with E-state index in [9.17, 15) is 4.79 Å². The van der Waals surface area contributed by atoms with Crippen molar-refractivity contribution in [3.63, 3.8) is 0 Å². The summed E-state index contributed by atoms with van der Waals surface area (Å²) in [6.45, 7) is 4.09. The van der Waals surface area contributed by atoms with Crippen molar-refractivity contribution in [3.05, 3.63) is 64.5 Å². The predicted molar refractivity (Wildman–Crippen MR) is 119 cm³/mol. The van der Waals surface area contributed by atoms with E-state index in [0.29, 0.717) is 5.70 Å². The highest BCUT2D eigenvalue weighted by Gasteiger charge is 2.32. The maximum absolute atomic E-state index is 13.0. The van der Waals surface area contributed by atoms with E-state index in [1.807, 2.05) is 11.0 Å². The molecule has 5 rings (SSSR count). The summed E-state index contributed by atoms with van der Waals surface area (Å²) < 4.78 is 5.59.